The number of alkyl halides is 1. The Hall–Kier alpha value is -1.57. The molecule has 0 amide bonds. The second kappa shape index (κ2) is 6.05. The molecule has 2 aromatic rings. The Labute approximate surface area is 123 Å². The van der Waals surface area contributed by atoms with Crippen LogP contribution in [-0.4, -0.2) is 0 Å². The van der Waals surface area contributed by atoms with Gasteiger partial charge in [0, 0.05) is 16.4 Å². The van der Waals surface area contributed by atoms with Crippen molar-refractivity contribution in [3.63, 3.8) is 0 Å². The van der Waals surface area contributed by atoms with Gasteiger partial charge in [0.15, 0.2) is 0 Å². The van der Waals surface area contributed by atoms with Gasteiger partial charge >= 0.3 is 0 Å². The maximum atomic E-state index is 13.4. The van der Waals surface area contributed by atoms with E-state index in [9.17, 15) is 4.39 Å². The summed E-state index contributed by atoms with van der Waals surface area (Å²) in [5.41, 5.74) is 0.931. The van der Waals surface area contributed by atoms with E-state index >= 15 is 0 Å². The third-order valence-electron chi connectivity index (χ3n) is 2.47. The van der Waals surface area contributed by atoms with Crippen molar-refractivity contribution in [3.8, 4) is 17.6 Å². The second-order valence-electron chi connectivity index (χ2n) is 3.74. The van der Waals surface area contributed by atoms with Crippen LogP contribution in [0.2, 0.25) is 5.02 Å². The first-order valence-corrected chi connectivity index (χ1v) is 6.86. The van der Waals surface area contributed by atoms with Crippen molar-refractivity contribution in [2.75, 3.05) is 0 Å². The maximum absolute atomic E-state index is 13.4. The molecular weight excluding hydrogens is 333 g/mol. The van der Waals surface area contributed by atoms with Gasteiger partial charge < -0.3 is 4.74 Å². The zero-order valence-corrected chi connectivity index (χ0v) is 12.0. The molecule has 0 bridgehead atoms. The smallest absolute Gasteiger partial charge is 0.144 e. The van der Waals surface area contributed by atoms with Crippen LogP contribution in [0.25, 0.3) is 0 Å². The predicted molar refractivity (Wildman–Crippen MR) is 75.3 cm³/mol. The summed E-state index contributed by atoms with van der Waals surface area (Å²) in [6.45, 7) is 0. The van der Waals surface area contributed by atoms with Crippen LogP contribution in [-0.2, 0) is 5.33 Å². The Bertz CT molecular complexity index is 654. The Morgan fingerprint density at radius 3 is 2.47 bits per heavy atom. The van der Waals surface area contributed by atoms with Gasteiger partial charge in [-0.3, -0.25) is 0 Å². The third-order valence-corrected chi connectivity index (χ3v) is 3.42. The molecule has 5 heteroatoms. The molecule has 0 N–H and O–H groups in total. The molecule has 0 atom stereocenters. The summed E-state index contributed by atoms with van der Waals surface area (Å²) >= 11 is 9.37. The molecule has 0 saturated heterocycles. The minimum absolute atomic E-state index is 0.0139. The van der Waals surface area contributed by atoms with Gasteiger partial charge in [-0.1, -0.05) is 33.6 Å². The van der Waals surface area contributed by atoms with Crippen molar-refractivity contribution < 1.29 is 9.13 Å². The molecule has 19 heavy (non-hydrogen) atoms. The maximum Gasteiger partial charge on any atom is 0.144 e. The average molecular weight is 341 g/mol. The van der Waals surface area contributed by atoms with Gasteiger partial charge in [-0.25, -0.2) is 4.39 Å². The number of ether oxygens (including phenoxy) is 1. The van der Waals surface area contributed by atoms with Gasteiger partial charge in [-0.2, -0.15) is 5.26 Å². The number of benzene rings is 2. The van der Waals surface area contributed by atoms with Crippen molar-refractivity contribution >= 4 is 27.5 Å². The lowest BCUT2D eigenvalue weighted by Crippen LogP contribution is -1.89. The first-order chi connectivity index (χ1) is 9.13. The molecule has 0 aliphatic rings. The van der Waals surface area contributed by atoms with E-state index in [1.165, 1.54) is 18.2 Å². The summed E-state index contributed by atoms with van der Waals surface area (Å²) in [7, 11) is 0. The van der Waals surface area contributed by atoms with Crippen molar-refractivity contribution in [1.82, 2.24) is 0 Å². The van der Waals surface area contributed by atoms with Gasteiger partial charge in [0.1, 0.15) is 23.4 Å². The standard InChI is InChI=1S/C14H8BrClFNO/c15-7-9-1-3-11(5-13(9)16)19-12-4-2-10(8-18)14(17)6-12/h1-6H,7H2. The normalized spacial score (nSPS) is 10.0. The SMILES string of the molecule is N#Cc1ccc(Oc2ccc(CBr)c(Cl)c2)cc1F. The molecule has 96 valence electrons. The highest BCUT2D eigenvalue weighted by Crippen LogP contribution is 2.28. The number of hydrogen-bond donors (Lipinski definition) is 0. The lowest BCUT2D eigenvalue weighted by atomic mass is 10.2. The highest BCUT2D eigenvalue weighted by atomic mass is 79.9. The topological polar surface area (TPSA) is 33.0 Å². The number of halogens is 3. The lowest BCUT2D eigenvalue weighted by molar-refractivity contribution is 0.476. The summed E-state index contributed by atoms with van der Waals surface area (Å²) in [4.78, 5) is 0. The van der Waals surface area contributed by atoms with E-state index in [-0.39, 0.29) is 5.56 Å². The fraction of sp³-hybridized carbons (Fsp3) is 0.0714. The van der Waals surface area contributed by atoms with Gasteiger partial charge in [0.05, 0.1) is 5.56 Å². The molecule has 0 saturated carbocycles. The molecule has 0 aliphatic carbocycles. The minimum Gasteiger partial charge on any atom is -0.457 e. The third kappa shape index (κ3) is 3.25. The molecule has 0 heterocycles. The van der Waals surface area contributed by atoms with E-state index in [4.69, 9.17) is 21.6 Å². The van der Waals surface area contributed by atoms with Crippen LogP contribution in [0.1, 0.15) is 11.1 Å². The largest absolute Gasteiger partial charge is 0.457 e. The van der Waals surface area contributed by atoms with Crippen LogP contribution in [0, 0.1) is 17.1 Å². The van der Waals surface area contributed by atoms with E-state index in [2.05, 4.69) is 15.9 Å². The van der Waals surface area contributed by atoms with Crippen LogP contribution in [0.15, 0.2) is 36.4 Å². The molecule has 0 unspecified atom stereocenters. The van der Waals surface area contributed by atoms with E-state index in [1.807, 2.05) is 6.07 Å². The van der Waals surface area contributed by atoms with Crippen LogP contribution < -0.4 is 4.74 Å². The highest BCUT2D eigenvalue weighted by Gasteiger charge is 2.06. The Kier molecular flexibility index (Phi) is 4.41. The summed E-state index contributed by atoms with van der Waals surface area (Å²) in [5, 5.41) is 9.86. The van der Waals surface area contributed by atoms with Gasteiger partial charge in [-0.15, -0.1) is 0 Å². The summed E-state index contributed by atoms with van der Waals surface area (Å²) < 4.78 is 18.9. The fourth-order valence-electron chi connectivity index (χ4n) is 1.49. The molecule has 0 fully saturated rings. The molecule has 0 aromatic heterocycles. The zero-order valence-electron chi connectivity index (χ0n) is 9.66. The van der Waals surface area contributed by atoms with Crippen LogP contribution >= 0.6 is 27.5 Å². The molecule has 2 nitrogen and oxygen atoms in total. The van der Waals surface area contributed by atoms with E-state index < -0.39 is 5.82 Å². The number of hydrogen-bond acceptors (Lipinski definition) is 2. The molecule has 0 radical (unpaired) electrons. The van der Waals surface area contributed by atoms with Crippen molar-refractivity contribution in [2.24, 2.45) is 0 Å². The molecule has 2 rings (SSSR count). The number of nitrogens with zero attached hydrogens (tertiary/aromatic N) is 1. The van der Waals surface area contributed by atoms with E-state index in [0.717, 1.165) is 5.56 Å². The van der Waals surface area contributed by atoms with Gasteiger partial charge in [0.25, 0.3) is 0 Å². The van der Waals surface area contributed by atoms with Crippen LogP contribution in [0.4, 0.5) is 4.39 Å². The molecule has 2 aromatic carbocycles. The molecule has 0 spiro atoms. The summed E-state index contributed by atoms with van der Waals surface area (Å²) in [6, 6.07) is 11.1. The van der Waals surface area contributed by atoms with E-state index in [0.29, 0.717) is 21.9 Å². The monoisotopic (exact) mass is 339 g/mol. The quantitative estimate of drug-likeness (QED) is 0.733. The van der Waals surface area contributed by atoms with Crippen LogP contribution in [0.3, 0.4) is 0 Å². The lowest BCUT2D eigenvalue weighted by Gasteiger charge is -2.08. The number of rotatable bonds is 3. The predicted octanol–water partition coefficient (Wildman–Crippen LogP) is 5.04. The number of nitriles is 1. The van der Waals surface area contributed by atoms with Crippen molar-refractivity contribution in [2.45, 2.75) is 5.33 Å². The Balaban J connectivity index is 2.24. The first kappa shape index (κ1) is 13.9. The van der Waals surface area contributed by atoms with Crippen molar-refractivity contribution in [1.29, 1.82) is 5.26 Å². The zero-order chi connectivity index (χ0) is 13.8. The minimum atomic E-state index is -0.608. The van der Waals surface area contributed by atoms with Crippen LogP contribution in [0.5, 0.6) is 11.5 Å². The summed E-state index contributed by atoms with van der Waals surface area (Å²) in [5.74, 6) is 0.223. The average Bonchev–Trinajstić information content (AvgIpc) is 2.39. The van der Waals surface area contributed by atoms with E-state index in [1.54, 1.807) is 18.2 Å². The molecule has 0 aliphatic heterocycles. The Morgan fingerprint density at radius 1 is 1.21 bits per heavy atom. The first-order valence-electron chi connectivity index (χ1n) is 5.36. The second-order valence-corrected chi connectivity index (χ2v) is 4.71. The van der Waals surface area contributed by atoms with Gasteiger partial charge in [0.2, 0.25) is 0 Å². The van der Waals surface area contributed by atoms with Crippen molar-refractivity contribution in [3.05, 3.63) is 58.4 Å². The Morgan fingerprint density at radius 2 is 1.89 bits per heavy atom. The molecular formula is C14H8BrClFNO. The highest BCUT2D eigenvalue weighted by molar-refractivity contribution is 9.08. The summed E-state index contributed by atoms with van der Waals surface area (Å²) in [6.07, 6.45) is 0. The fourth-order valence-corrected chi connectivity index (χ4v) is 2.37. The van der Waals surface area contributed by atoms with Gasteiger partial charge in [-0.05, 0) is 29.8 Å².